The predicted octanol–water partition coefficient (Wildman–Crippen LogP) is 1.21. The zero-order chi connectivity index (χ0) is 15.9. The van der Waals surface area contributed by atoms with Crippen molar-refractivity contribution in [2.75, 3.05) is 14.1 Å². The van der Waals surface area contributed by atoms with Crippen LogP contribution in [0.2, 0.25) is 0 Å². The van der Waals surface area contributed by atoms with Crippen LogP contribution in [-0.4, -0.2) is 47.7 Å². The molecule has 1 unspecified atom stereocenters. The van der Waals surface area contributed by atoms with Crippen LogP contribution < -0.4 is 0 Å². The van der Waals surface area contributed by atoms with E-state index >= 15 is 0 Å². The maximum Gasteiger partial charge on any atom is 0.318 e. The Labute approximate surface area is 128 Å². The van der Waals surface area contributed by atoms with Gasteiger partial charge in [0.1, 0.15) is 6.04 Å². The number of imide groups is 1. The van der Waals surface area contributed by atoms with E-state index in [2.05, 4.69) is 0 Å². The van der Waals surface area contributed by atoms with Gasteiger partial charge in [0.25, 0.3) is 5.91 Å². The lowest BCUT2D eigenvalue weighted by molar-refractivity contribution is -0.165. The van der Waals surface area contributed by atoms with Crippen molar-refractivity contribution in [1.29, 1.82) is 0 Å². The number of hydrogen-bond donors (Lipinski definition) is 0. The van der Waals surface area contributed by atoms with Gasteiger partial charge in [-0.25, -0.2) is 0 Å². The summed E-state index contributed by atoms with van der Waals surface area (Å²) < 4.78 is 0. The molecule has 5 heteroatoms. The average molecular weight is 296 g/mol. The molecule has 22 heavy (non-hydrogen) atoms. The van der Waals surface area contributed by atoms with E-state index in [1.165, 1.54) is 19.0 Å². The first-order valence-electron chi connectivity index (χ1n) is 7.05. The van der Waals surface area contributed by atoms with Crippen molar-refractivity contribution in [2.24, 2.45) is 0 Å². The van der Waals surface area contributed by atoms with E-state index in [0.29, 0.717) is 6.42 Å². The maximum absolute atomic E-state index is 12.3. The first-order chi connectivity index (χ1) is 10.5. The van der Waals surface area contributed by atoms with Crippen LogP contribution in [0.4, 0.5) is 0 Å². The fraction of sp³-hybridized carbons (Fsp3) is 0.235. The number of likely N-dealkylation sites (N-methyl/N-ethyl adjacent to an activating group) is 2. The fourth-order valence-electron chi connectivity index (χ4n) is 2.74. The molecule has 1 atom stereocenters. The molecule has 5 nitrogen and oxygen atoms in total. The fourth-order valence-corrected chi connectivity index (χ4v) is 2.74. The molecular weight excluding hydrogens is 280 g/mol. The van der Waals surface area contributed by atoms with Crippen molar-refractivity contribution in [1.82, 2.24) is 9.80 Å². The van der Waals surface area contributed by atoms with E-state index in [0.717, 1.165) is 21.2 Å². The van der Waals surface area contributed by atoms with Gasteiger partial charge in [-0.2, -0.15) is 0 Å². The van der Waals surface area contributed by atoms with Gasteiger partial charge in [0, 0.05) is 20.5 Å². The largest absolute Gasteiger partial charge is 0.325 e. The number of fused-ring (bicyclic) bond motifs is 1. The van der Waals surface area contributed by atoms with Crippen molar-refractivity contribution in [2.45, 2.75) is 12.5 Å². The van der Waals surface area contributed by atoms with Crippen LogP contribution in [0.25, 0.3) is 10.8 Å². The molecule has 2 aromatic rings. The Morgan fingerprint density at radius 3 is 2.32 bits per heavy atom. The van der Waals surface area contributed by atoms with E-state index < -0.39 is 17.9 Å². The van der Waals surface area contributed by atoms with Crippen LogP contribution in [0.1, 0.15) is 5.56 Å². The second kappa shape index (κ2) is 5.26. The molecule has 1 aliphatic rings. The lowest BCUT2D eigenvalue weighted by atomic mass is 9.99. The summed E-state index contributed by atoms with van der Waals surface area (Å²) in [4.78, 5) is 37.9. The van der Waals surface area contributed by atoms with Crippen LogP contribution in [-0.2, 0) is 20.8 Å². The lowest BCUT2D eigenvalue weighted by Gasteiger charge is -2.35. The molecule has 0 aromatic heterocycles. The number of hydrogen-bond acceptors (Lipinski definition) is 3. The molecular formula is C17H16N2O3. The van der Waals surface area contributed by atoms with Gasteiger partial charge in [0.2, 0.25) is 0 Å². The minimum atomic E-state index is -0.776. The number of rotatable bonds is 2. The summed E-state index contributed by atoms with van der Waals surface area (Å²) in [6.07, 6.45) is 0.392. The van der Waals surface area contributed by atoms with Crippen LogP contribution in [0.3, 0.4) is 0 Å². The highest BCUT2D eigenvalue weighted by Crippen LogP contribution is 2.20. The summed E-state index contributed by atoms with van der Waals surface area (Å²) >= 11 is 0. The van der Waals surface area contributed by atoms with Gasteiger partial charge in [0.05, 0.1) is 0 Å². The summed E-state index contributed by atoms with van der Waals surface area (Å²) in [5.74, 6) is -1.77. The smallest absolute Gasteiger partial charge is 0.318 e. The van der Waals surface area contributed by atoms with E-state index in [9.17, 15) is 14.4 Å². The Morgan fingerprint density at radius 2 is 1.59 bits per heavy atom. The molecule has 1 saturated heterocycles. The van der Waals surface area contributed by atoms with Crippen molar-refractivity contribution >= 4 is 28.5 Å². The maximum atomic E-state index is 12.3. The van der Waals surface area contributed by atoms with Gasteiger partial charge in [-0.1, -0.05) is 42.5 Å². The molecule has 0 bridgehead atoms. The molecule has 2 aromatic carbocycles. The molecule has 1 heterocycles. The van der Waals surface area contributed by atoms with Crippen LogP contribution >= 0.6 is 0 Å². The normalized spacial score (nSPS) is 19.2. The highest BCUT2D eigenvalue weighted by atomic mass is 16.2. The van der Waals surface area contributed by atoms with Gasteiger partial charge in [-0.3, -0.25) is 19.3 Å². The predicted molar refractivity (Wildman–Crippen MR) is 82.0 cm³/mol. The molecule has 0 N–H and O–H groups in total. The number of carbonyl (C=O) groups excluding carboxylic acids is 3. The SMILES string of the molecule is CN1C(=O)C(=O)N(C)C(Cc2ccc3ccccc3c2)C1=O. The van der Waals surface area contributed by atoms with E-state index in [-0.39, 0.29) is 5.91 Å². The number of piperazine rings is 1. The molecule has 3 amide bonds. The Morgan fingerprint density at radius 1 is 0.909 bits per heavy atom. The van der Waals surface area contributed by atoms with Crippen LogP contribution in [0.5, 0.6) is 0 Å². The average Bonchev–Trinajstić information content (AvgIpc) is 2.55. The van der Waals surface area contributed by atoms with E-state index in [1.54, 1.807) is 0 Å². The second-order valence-corrected chi connectivity index (χ2v) is 5.52. The Balaban J connectivity index is 1.91. The standard InChI is InChI=1S/C17H16N2O3/c1-18-14(15(20)19(2)17(22)16(18)21)10-11-7-8-12-5-3-4-6-13(12)9-11/h3-9,14H,10H2,1-2H3. The first-order valence-corrected chi connectivity index (χ1v) is 7.05. The molecule has 0 radical (unpaired) electrons. The minimum absolute atomic E-state index is 0.347. The van der Waals surface area contributed by atoms with Crippen LogP contribution in [0.15, 0.2) is 42.5 Å². The molecule has 112 valence electrons. The molecule has 0 spiro atoms. The van der Waals surface area contributed by atoms with Gasteiger partial charge in [-0.15, -0.1) is 0 Å². The zero-order valence-electron chi connectivity index (χ0n) is 12.4. The molecule has 1 fully saturated rings. The third-order valence-corrected chi connectivity index (χ3v) is 4.13. The minimum Gasteiger partial charge on any atom is -0.325 e. The van der Waals surface area contributed by atoms with Gasteiger partial charge < -0.3 is 4.90 Å². The summed E-state index contributed by atoms with van der Waals surface area (Å²) in [5, 5.41) is 2.21. The third-order valence-electron chi connectivity index (χ3n) is 4.13. The quantitative estimate of drug-likeness (QED) is 0.618. The first kappa shape index (κ1) is 14.3. The van der Waals surface area contributed by atoms with Crippen LogP contribution in [0, 0.1) is 0 Å². The summed E-state index contributed by atoms with van der Waals surface area (Å²) in [7, 11) is 2.85. The Bertz CT molecular complexity index is 784. The zero-order valence-corrected chi connectivity index (χ0v) is 12.4. The Kier molecular flexibility index (Phi) is 3.41. The molecule has 0 aliphatic carbocycles. The molecule has 1 aliphatic heterocycles. The summed E-state index contributed by atoms with van der Waals surface area (Å²) in [6, 6.07) is 13.3. The highest BCUT2D eigenvalue weighted by Gasteiger charge is 2.41. The number of benzene rings is 2. The van der Waals surface area contributed by atoms with Gasteiger partial charge in [0.15, 0.2) is 0 Å². The lowest BCUT2D eigenvalue weighted by Crippen LogP contribution is -2.60. The summed E-state index contributed by atoms with van der Waals surface area (Å²) in [5.41, 5.74) is 0.958. The van der Waals surface area contributed by atoms with Crippen molar-refractivity contribution in [3.63, 3.8) is 0 Å². The van der Waals surface area contributed by atoms with Crippen molar-refractivity contribution in [3.8, 4) is 0 Å². The number of nitrogens with zero attached hydrogens (tertiary/aromatic N) is 2. The monoisotopic (exact) mass is 296 g/mol. The second-order valence-electron chi connectivity index (χ2n) is 5.52. The summed E-state index contributed by atoms with van der Waals surface area (Å²) in [6.45, 7) is 0. The van der Waals surface area contributed by atoms with Crippen molar-refractivity contribution in [3.05, 3.63) is 48.0 Å². The third kappa shape index (κ3) is 2.24. The van der Waals surface area contributed by atoms with Crippen molar-refractivity contribution < 1.29 is 14.4 Å². The van der Waals surface area contributed by atoms with Gasteiger partial charge >= 0.3 is 11.8 Å². The van der Waals surface area contributed by atoms with Gasteiger partial charge in [-0.05, 0) is 16.3 Å². The van der Waals surface area contributed by atoms with E-state index in [4.69, 9.17) is 0 Å². The topological polar surface area (TPSA) is 57.7 Å². The highest BCUT2D eigenvalue weighted by molar-refractivity contribution is 6.39. The van der Waals surface area contributed by atoms with E-state index in [1.807, 2.05) is 42.5 Å². The molecule has 0 saturated carbocycles. The number of amides is 3. The molecule has 3 rings (SSSR count). The number of carbonyl (C=O) groups is 3. The Hall–Kier alpha value is -2.69.